The van der Waals surface area contributed by atoms with Crippen LogP contribution in [0.3, 0.4) is 0 Å². The predicted octanol–water partition coefficient (Wildman–Crippen LogP) is 2.20. The Kier molecular flexibility index (Phi) is 4.98. The highest BCUT2D eigenvalue weighted by molar-refractivity contribution is 6.14. The number of carbonyl (C=O) groups is 1. The Morgan fingerprint density at radius 3 is 2.90 bits per heavy atom. The lowest BCUT2D eigenvalue weighted by Gasteiger charge is -2.12. The molecule has 4 rings (SSSR count). The molecule has 9 heteroatoms. The SMILES string of the molecule is CNc1cc(F)ccc1C(=N)c1cnc2[nH]cc(C(=O)N[C@H]3CC[C@@H](O)C3)c2n1. The molecule has 1 aromatic carbocycles. The highest BCUT2D eigenvalue weighted by Crippen LogP contribution is 2.23. The molecule has 1 aliphatic carbocycles. The van der Waals surface area contributed by atoms with Crippen LogP contribution < -0.4 is 10.6 Å². The van der Waals surface area contributed by atoms with Crippen LogP contribution in [0.2, 0.25) is 0 Å². The van der Waals surface area contributed by atoms with E-state index in [1.54, 1.807) is 7.05 Å². The lowest BCUT2D eigenvalue weighted by Crippen LogP contribution is -2.33. The molecule has 1 fully saturated rings. The lowest BCUT2D eigenvalue weighted by molar-refractivity contribution is 0.0935. The summed E-state index contributed by atoms with van der Waals surface area (Å²) in [6, 6.07) is 4.02. The van der Waals surface area contributed by atoms with Gasteiger partial charge in [0.15, 0.2) is 5.65 Å². The molecule has 3 aromatic rings. The van der Waals surface area contributed by atoms with Crippen molar-refractivity contribution < 1.29 is 14.3 Å². The topological polar surface area (TPSA) is 127 Å². The molecule has 29 heavy (non-hydrogen) atoms. The fraction of sp³-hybridized carbons (Fsp3) is 0.300. The Balaban J connectivity index is 1.65. The molecule has 2 atom stereocenters. The fourth-order valence-electron chi connectivity index (χ4n) is 3.62. The second kappa shape index (κ2) is 7.59. The van der Waals surface area contributed by atoms with Crippen molar-refractivity contribution in [1.82, 2.24) is 20.3 Å². The van der Waals surface area contributed by atoms with Crippen molar-refractivity contribution in [2.45, 2.75) is 31.4 Å². The number of halogens is 1. The monoisotopic (exact) mass is 396 g/mol. The molecule has 0 saturated heterocycles. The van der Waals surface area contributed by atoms with Gasteiger partial charge in [-0.15, -0.1) is 0 Å². The number of fused-ring (bicyclic) bond motifs is 1. The molecule has 2 aromatic heterocycles. The van der Waals surface area contributed by atoms with Gasteiger partial charge in [-0.2, -0.15) is 0 Å². The van der Waals surface area contributed by atoms with Gasteiger partial charge in [0.25, 0.3) is 5.91 Å². The minimum absolute atomic E-state index is 0.0650. The Hall–Kier alpha value is -3.33. The Morgan fingerprint density at radius 1 is 1.34 bits per heavy atom. The van der Waals surface area contributed by atoms with Gasteiger partial charge in [-0.1, -0.05) is 0 Å². The summed E-state index contributed by atoms with van der Waals surface area (Å²) in [5.74, 6) is -0.708. The third-order valence-corrected chi connectivity index (χ3v) is 5.14. The first-order chi connectivity index (χ1) is 14.0. The van der Waals surface area contributed by atoms with Gasteiger partial charge >= 0.3 is 0 Å². The number of aliphatic hydroxyl groups excluding tert-OH is 1. The minimum Gasteiger partial charge on any atom is -0.393 e. The van der Waals surface area contributed by atoms with E-state index in [0.29, 0.717) is 40.8 Å². The largest absolute Gasteiger partial charge is 0.393 e. The quantitative estimate of drug-likeness (QED) is 0.423. The van der Waals surface area contributed by atoms with Crippen LogP contribution >= 0.6 is 0 Å². The van der Waals surface area contributed by atoms with E-state index in [1.165, 1.54) is 30.6 Å². The molecule has 1 aliphatic rings. The summed E-state index contributed by atoms with van der Waals surface area (Å²) in [7, 11) is 1.65. The van der Waals surface area contributed by atoms with Gasteiger partial charge in [0, 0.05) is 30.5 Å². The number of amides is 1. The Labute approximate surface area is 166 Å². The first-order valence-corrected chi connectivity index (χ1v) is 9.36. The number of aliphatic hydroxyl groups is 1. The van der Waals surface area contributed by atoms with Crippen molar-refractivity contribution in [2.75, 3.05) is 12.4 Å². The van der Waals surface area contributed by atoms with Crippen LogP contribution in [0, 0.1) is 11.2 Å². The van der Waals surface area contributed by atoms with E-state index >= 15 is 0 Å². The maximum absolute atomic E-state index is 13.5. The van der Waals surface area contributed by atoms with Crippen molar-refractivity contribution in [2.24, 2.45) is 0 Å². The molecule has 2 heterocycles. The number of rotatable bonds is 5. The average Bonchev–Trinajstić information content (AvgIpc) is 3.32. The number of H-pyrrole nitrogens is 1. The van der Waals surface area contributed by atoms with Crippen molar-refractivity contribution >= 4 is 28.5 Å². The predicted molar refractivity (Wildman–Crippen MR) is 107 cm³/mol. The summed E-state index contributed by atoms with van der Waals surface area (Å²) < 4.78 is 13.5. The van der Waals surface area contributed by atoms with Crippen LogP contribution in [0.1, 0.15) is 40.9 Å². The van der Waals surface area contributed by atoms with Gasteiger partial charge in [-0.25, -0.2) is 14.4 Å². The number of aromatic nitrogens is 3. The molecule has 0 unspecified atom stereocenters. The number of hydrogen-bond acceptors (Lipinski definition) is 6. The second-order valence-electron chi connectivity index (χ2n) is 7.11. The number of anilines is 1. The van der Waals surface area contributed by atoms with Crippen LogP contribution in [0.15, 0.2) is 30.6 Å². The van der Waals surface area contributed by atoms with E-state index in [2.05, 4.69) is 25.6 Å². The highest BCUT2D eigenvalue weighted by atomic mass is 19.1. The van der Waals surface area contributed by atoms with Gasteiger partial charge < -0.3 is 20.7 Å². The van der Waals surface area contributed by atoms with E-state index in [-0.39, 0.29) is 29.5 Å². The van der Waals surface area contributed by atoms with Crippen LogP contribution in [0.5, 0.6) is 0 Å². The fourth-order valence-corrected chi connectivity index (χ4v) is 3.62. The zero-order chi connectivity index (χ0) is 20.5. The maximum Gasteiger partial charge on any atom is 0.255 e. The summed E-state index contributed by atoms with van der Waals surface area (Å²) in [5.41, 5.74) is 2.40. The molecule has 1 amide bonds. The van der Waals surface area contributed by atoms with Crippen molar-refractivity contribution in [1.29, 1.82) is 5.41 Å². The van der Waals surface area contributed by atoms with Gasteiger partial charge in [-0.05, 0) is 37.5 Å². The van der Waals surface area contributed by atoms with E-state index < -0.39 is 5.82 Å². The number of carbonyl (C=O) groups excluding carboxylic acids is 1. The van der Waals surface area contributed by atoms with Crippen molar-refractivity contribution in [3.63, 3.8) is 0 Å². The van der Waals surface area contributed by atoms with E-state index in [0.717, 1.165) is 6.42 Å². The van der Waals surface area contributed by atoms with E-state index in [1.807, 2.05) is 0 Å². The minimum atomic E-state index is -0.408. The second-order valence-corrected chi connectivity index (χ2v) is 7.11. The first kappa shape index (κ1) is 19.0. The summed E-state index contributed by atoms with van der Waals surface area (Å²) in [6.45, 7) is 0. The van der Waals surface area contributed by atoms with Gasteiger partial charge in [0.05, 0.1) is 23.6 Å². The summed E-state index contributed by atoms with van der Waals surface area (Å²) in [5, 5.41) is 23.9. The number of nitrogens with zero attached hydrogens (tertiary/aromatic N) is 2. The molecule has 0 radical (unpaired) electrons. The number of nitrogens with one attached hydrogen (secondary N) is 4. The third kappa shape index (κ3) is 3.68. The van der Waals surface area contributed by atoms with Crippen molar-refractivity contribution in [3.8, 4) is 0 Å². The zero-order valence-electron chi connectivity index (χ0n) is 15.8. The van der Waals surface area contributed by atoms with Gasteiger partial charge in [0.2, 0.25) is 0 Å². The number of benzene rings is 1. The summed E-state index contributed by atoms with van der Waals surface area (Å²) >= 11 is 0. The normalized spacial score (nSPS) is 18.7. The lowest BCUT2D eigenvalue weighted by atomic mass is 10.1. The molecule has 0 aliphatic heterocycles. The molecule has 150 valence electrons. The van der Waals surface area contributed by atoms with Crippen LogP contribution in [-0.2, 0) is 0 Å². The molecule has 5 N–H and O–H groups in total. The van der Waals surface area contributed by atoms with Gasteiger partial charge in [-0.3, -0.25) is 10.2 Å². The number of hydrogen-bond donors (Lipinski definition) is 5. The molecule has 0 spiro atoms. The summed E-state index contributed by atoms with van der Waals surface area (Å²) in [6.07, 6.45) is 4.54. The standard InChI is InChI=1S/C20H21FN6O2/c1-23-15-6-10(21)2-5-13(15)17(22)16-9-25-19-18(27-16)14(8-24-19)20(29)26-11-3-4-12(28)7-11/h2,5-6,8-9,11-12,22-23,28H,3-4,7H2,1H3,(H,24,25)(H,26,29)/t11-,12+/m0/s1. The highest BCUT2D eigenvalue weighted by Gasteiger charge is 2.26. The zero-order valence-corrected chi connectivity index (χ0v) is 15.8. The van der Waals surface area contributed by atoms with E-state index in [9.17, 15) is 14.3 Å². The van der Waals surface area contributed by atoms with Crippen LogP contribution in [0.4, 0.5) is 10.1 Å². The summed E-state index contributed by atoms with van der Waals surface area (Å²) in [4.78, 5) is 24.4. The smallest absolute Gasteiger partial charge is 0.255 e. The molecular formula is C20H21FN6O2. The Bertz CT molecular complexity index is 1100. The molecule has 8 nitrogen and oxygen atoms in total. The first-order valence-electron chi connectivity index (χ1n) is 9.36. The van der Waals surface area contributed by atoms with E-state index in [4.69, 9.17) is 5.41 Å². The molecule has 1 saturated carbocycles. The van der Waals surface area contributed by atoms with Crippen LogP contribution in [0.25, 0.3) is 11.2 Å². The van der Waals surface area contributed by atoms with Crippen molar-refractivity contribution in [3.05, 3.63) is 53.2 Å². The van der Waals surface area contributed by atoms with Gasteiger partial charge in [0.1, 0.15) is 17.0 Å². The molecular weight excluding hydrogens is 375 g/mol. The maximum atomic E-state index is 13.5. The third-order valence-electron chi connectivity index (χ3n) is 5.14. The molecule has 0 bridgehead atoms. The Morgan fingerprint density at radius 2 is 2.17 bits per heavy atom. The van der Waals surface area contributed by atoms with Crippen LogP contribution in [-0.4, -0.2) is 50.9 Å². The number of aromatic amines is 1. The average molecular weight is 396 g/mol.